The van der Waals surface area contributed by atoms with Gasteiger partial charge in [-0.15, -0.1) is 5.10 Å². The lowest BCUT2D eigenvalue weighted by Gasteiger charge is -2.12. The molecule has 1 atom stereocenters. The third-order valence-corrected chi connectivity index (χ3v) is 4.31. The number of fused-ring (bicyclic) bond motifs is 2. The van der Waals surface area contributed by atoms with E-state index in [0.717, 1.165) is 18.4 Å². The van der Waals surface area contributed by atoms with Gasteiger partial charge in [0.05, 0.1) is 11.6 Å². The van der Waals surface area contributed by atoms with E-state index in [1.165, 1.54) is 23.8 Å². The van der Waals surface area contributed by atoms with Crippen LogP contribution in [0.25, 0.3) is 17.1 Å². The summed E-state index contributed by atoms with van der Waals surface area (Å²) in [6.45, 7) is 0. The number of aromatic amines is 1. The lowest BCUT2D eigenvalue weighted by molar-refractivity contribution is -0.117. The van der Waals surface area contributed by atoms with Crippen LogP contribution >= 0.6 is 0 Å². The monoisotopic (exact) mass is 322 g/mol. The molecule has 1 amide bonds. The number of carbonyl (C=O) groups excluding carboxylic acids is 1. The number of halogens is 1. The van der Waals surface area contributed by atoms with Crippen LogP contribution in [0.4, 0.5) is 4.39 Å². The first-order valence-corrected chi connectivity index (χ1v) is 7.77. The van der Waals surface area contributed by atoms with Crippen molar-refractivity contribution in [1.29, 1.82) is 0 Å². The van der Waals surface area contributed by atoms with Gasteiger partial charge in [-0.25, -0.2) is 4.39 Å². The highest BCUT2D eigenvalue weighted by Crippen LogP contribution is 2.30. The summed E-state index contributed by atoms with van der Waals surface area (Å²) in [4.78, 5) is 12.2. The van der Waals surface area contributed by atoms with E-state index in [2.05, 4.69) is 26.8 Å². The van der Waals surface area contributed by atoms with Crippen LogP contribution in [-0.2, 0) is 11.2 Å². The first-order valence-electron chi connectivity index (χ1n) is 7.77. The van der Waals surface area contributed by atoms with Crippen molar-refractivity contribution in [3.8, 4) is 0 Å². The highest BCUT2D eigenvalue weighted by atomic mass is 19.1. The van der Waals surface area contributed by atoms with E-state index in [4.69, 9.17) is 0 Å². The van der Waals surface area contributed by atoms with Crippen molar-refractivity contribution in [2.24, 2.45) is 0 Å². The molecule has 120 valence electrons. The average molecular weight is 322 g/mol. The molecule has 1 heterocycles. The van der Waals surface area contributed by atoms with Gasteiger partial charge in [-0.05, 0) is 36.1 Å². The Hall–Kier alpha value is -3.02. The molecule has 3 aromatic rings. The molecule has 24 heavy (non-hydrogen) atoms. The van der Waals surface area contributed by atoms with Gasteiger partial charge < -0.3 is 5.32 Å². The summed E-state index contributed by atoms with van der Waals surface area (Å²) in [6.07, 6.45) is 4.67. The molecule has 1 aromatic heterocycles. The second-order valence-electron chi connectivity index (χ2n) is 5.83. The second-order valence-corrected chi connectivity index (χ2v) is 5.83. The Labute approximate surface area is 137 Å². The summed E-state index contributed by atoms with van der Waals surface area (Å²) in [5, 5.41) is 13.0. The number of hydrogen-bond acceptors (Lipinski definition) is 3. The van der Waals surface area contributed by atoms with Crippen LogP contribution in [0.5, 0.6) is 0 Å². The van der Waals surface area contributed by atoms with Crippen LogP contribution in [0, 0.1) is 5.82 Å². The summed E-state index contributed by atoms with van der Waals surface area (Å²) in [5.41, 5.74) is 3.83. The Morgan fingerprint density at radius 2 is 2.21 bits per heavy atom. The van der Waals surface area contributed by atoms with E-state index in [0.29, 0.717) is 16.6 Å². The van der Waals surface area contributed by atoms with Gasteiger partial charge in [0, 0.05) is 17.7 Å². The van der Waals surface area contributed by atoms with Crippen LogP contribution < -0.4 is 5.32 Å². The van der Waals surface area contributed by atoms with Crippen molar-refractivity contribution in [3.05, 3.63) is 65.0 Å². The van der Waals surface area contributed by atoms with E-state index in [9.17, 15) is 9.18 Å². The molecular formula is C18H15FN4O. The number of carbonyl (C=O) groups is 1. The number of aromatic nitrogens is 3. The molecule has 1 aliphatic rings. The van der Waals surface area contributed by atoms with Crippen molar-refractivity contribution in [3.63, 3.8) is 0 Å². The number of rotatable bonds is 3. The van der Waals surface area contributed by atoms with E-state index in [1.54, 1.807) is 6.07 Å². The van der Waals surface area contributed by atoms with Crippen LogP contribution in [-0.4, -0.2) is 21.3 Å². The minimum Gasteiger partial charge on any atom is -0.346 e. The van der Waals surface area contributed by atoms with Gasteiger partial charge in [-0.1, -0.05) is 29.5 Å². The van der Waals surface area contributed by atoms with Gasteiger partial charge in [0.1, 0.15) is 11.3 Å². The quantitative estimate of drug-likeness (QED) is 0.728. The van der Waals surface area contributed by atoms with Crippen LogP contribution in [0.1, 0.15) is 29.2 Å². The first-order chi connectivity index (χ1) is 11.7. The second kappa shape index (κ2) is 5.88. The standard InChI is InChI=1S/C18H15FN4O/c19-14-10-17-16(21-23-22-17)9-12(14)6-8-18(24)20-15-7-5-11-3-1-2-4-13(11)15/h1-4,6,8-10,15H,5,7H2,(H,20,24)(H,21,22,23)/b8-6+. The molecule has 2 N–H and O–H groups in total. The van der Waals surface area contributed by atoms with E-state index < -0.39 is 5.82 Å². The molecule has 0 fully saturated rings. The van der Waals surface area contributed by atoms with E-state index in [1.807, 2.05) is 18.2 Å². The maximum absolute atomic E-state index is 14.0. The Balaban J connectivity index is 1.49. The topological polar surface area (TPSA) is 70.7 Å². The van der Waals surface area contributed by atoms with Crippen molar-refractivity contribution >= 4 is 23.0 Å². The highest BCUT2D eigenvalue weighted by molar-refractivity contribution is 5.92. The highest BCUT2D eigenvalue weighted by Gasteiger charge is 2.22. The summed E-state index contributed by atoms with van der Waals surface area (Å²) >= 11 is 0. The molecule has 1 aliphatic carbocycles. The number of nitrogens with zero attached hydrogens (tertiary/aromatic N) is 2. The van der Waals surface area contributed by atoms with Gasteiger partial charge in [0.2, 0.25) is 5.91 Å². The van der Waals surface area contributed by atoms with E-state index >= 15 is 0 Å². The smallest absolute Gasteiger partial charge is 0.244 e. The Bertz CT molecular complexity index is 947. The third kappa shape index (κ3) is 2.67. The molecule has 0 saturated carbocycles. The van der Waals surface area contributed by atoms with E-state index in [-0.39, 0.29) is 11.9 Å². The molecule has 0 radical (unpaired) electrons. The van der Waals surface area contributed by atoms with Gasteiger partial charge in [-0.2, -0.15) is 0 Å². The Morgan fingerprint density at radius 3 is 3.12 bits per heavy atom. The Morgan fingerprint density at radius 1 is 1.33 bits per heavy atom. The molecule has 2 aromatic carbocycles. The number of amides is 1. The van der Waals surface area contributed by atoms with Crippen molar-refractivity contribution < 1.29 is 9.18 Å². The zero-order valence-corrected chi connectivity index (χ0v) is 12.8. The minimum atomic E-state index is -0.438. The molecule has 5 nitrogen and oxygen atoms in total. The average Bonchev–Trinajstić information content (AvgIpc) is 3.19. The lowest BCUT2D eigenvalue weighted by atomic mass is 10.1. The zero-order valence-electron chi connectivity index (χ0n) is 12.8. The van der Waals surface area contributed by atoms with Crippen molar-refractivity contribution in [2.75, 3.05) is 0 Å². The number of benzene rings is 2. The maximum Gasteiger partial charge on any atom is 0.244 e. The predicted octanol–water partition coefficient (Wildman–Crippen LogP) is 2.91. The molecule has 0 bridgehead atoms. The zero-order chi connectivity index (χ0) is 16.5. The van der Waals surface area contributed by atoms with Gasteiger partial charge in [0.15, 0.2) is 0 Å². The first kappa shape index (κ1) is 14.6. The third-order valence-electron chi connectivity index (χ3n) is 4.31. The van der Waals surface area contributed by atoms with Crippen molar-refractivity contribution in [1.82, 2.24) is 20.7 Å². The number of aryl methyl sites for hydroxylation is 1. The molecule has 0 aliphatic heterocycles. The molecule has 4 rings (SSSR count). The van der Waals surface area contributed by atoms with Crippen molar-refractivity contribution in [2.45, 2.75) is 18.9 Å². The van der Waals surface area contributed by atoms with Gasteiger partial charge >= 0.3 is 0 Å². The number of nitrogens with one attached hydrogen (secondary N) is 2. The predicted molar refractivity (Wildman–Crippen MR) is 88.5 cm³/mol. The molecule has 1 unspecified atom stereocenters. The fraction of sp³-hybridized carbons (Fsp3) is 0.167. The largest absolute Gasteiger partial charge is 0.346 e. The van der Waals surface area contributed by atoms with Gasteiger partial charge in [0.25, 0.3) is 0 Å². The fourth-order valence-corrected chi connectivity index (χ4v) is 3.10. The molecule has 0 saturated heterocycles. The number of H-pyrrole nitrogens is 1. The normalized spacial score (nSPS) is 16.6. The fourth-order valence-electron chi connectivity index (χ4n) is 3.10. The van der Waals surface area contributed by atoms with Crippen LogP contribution in [0.2, 0.25) is 0 Å². The summed E-state index contributed by atoms with van der Waals surface area (Å²) in [7, 11) is 0. The lowest BCUT2D eigenvalue weighted by Crippen LogP contribution is -2.25. The summed E-state index contributed by atoms with van der Waals surface area (Å²) in [5.74, 6) is -0.675. The minimum absolute atomic E-state index is 0.0162. The maximum atomic E-state index is 14.0. The summed E-state index contributed by atoms with van der Waals surface area (Å²) < 4.78 is 14.0. The summed E-state index contributed by atoms with van der Waals surface area (Å²) in [6, 6.07) is 11.0. The van der Waals surface area contributed by atoms with Gasteiger partial charge in [-0.3, -0.25) is 9.89 Å². The number of hydrogen-bond donors (Lipinski definition) is 2. The molecule has 0 spiro atoms. The van der Waals surface area contributed by atoms with Crippen LogP contribution in [0.3, 0.4) is 0 Å². The van der Waals surface area contributed by atoms with Crippen LogP contribution in [0.15, 0.2) is 42.5 Å². The molecular weight excluding hydrogens is 307 g/mol. The Kier molecular flexibility index (Phi) is 3.57. The molecule has 6 heteroatoms. The SMILES string of the molecule is O=C(/C=C/c1cc2[nH]nnc2cc1F)NC1CCc2ccccc21.